The number of benzene rings is 1. The zero-order valence-corrected chi connectivity index (χ0v) is 17.0. The molecule has 0 aliphatic heterocycles. The first kappa shape index (κ1) is 20.1. The van der Waals surface area contributed by atoms with Crippen LogP contribution < -0.4 is 5.32 Å². The molecule has 1 aromatic carbocycles. The van der Waals surface area contributed by atoms with Crippen LogP contribution in [0.15, 0.2) is 57.5 Å². The Morgan fingerprint density at radius 3 is 2.79 bits per heavy atom. The van der Waals surface area contributed by atoms with Crippen molar-refractivity contribution in [3.8, 4) is 11.5 Å². The Bertz CT molecular complexity index is 874. The molecule has 7 heteroatoms. The molecule has 0 aliphatic rings. The second kappa shape index (κ2) is 10.0. The topological polar surface area (TPSA) is 53.7 Å². The Balaban J connectivity index is 1.55. The van der Waals surface area contributed by atoms with E-state index in [-0.39, 0.29) is 5.82 Å². The van der Waals surface area contributed by atoms with Gasteiger partial charge in [0.25, 0.3) is 0 Å². The number of aromatic nitrogens is 1. The monoisotopic (exact) mass is 400 g/mol. The molecule has 0 amide bonds. The SMILES string of the molecule is CCNC(=NCCc1coc(-c2ccc(F)cc2)n1)N(C)CCc1cccs1. The van der Waals surface area contributed by atoms with Gasteiger partial charge in [-0.05, 0) is 49.1 Å². The third-order valence-electron chi connectivity index (χ3n) is 4.24. The minimum atomic E-state index is -0.274. The van der Waals surface area contributed by atoms with E-state index >= 15 is 0 Å². The summed E-state index contributed by atoms with van der Waals surface area (Å²) in [7, 11) is 2.05. The van der Waals surface area contributed by atoms with E-state index in [9.17, 15) is 4.39 Å². The predicted molar refractivity (Wildman–Crippen MR) is 112 cm³/mol. The fourth-order valence-corrected chi connectivity index (χ4v) is 3.43. The minimum absolute atomic E-state index is 0.274. The van der Waals surface area contributed by atoms with Crippen molar-refractivity contribution in [2.24, 2.45) is 4.99 Å². The molecule has 28 heavy (non-hydrogen) atoms. The van der Waals surface area contributed by atoms with Crippen LogP contribution in [0.3, 0.4) is 0 Å². The Labute approximate surface area is 168 Å². The van der Waals surface area contributed by atoms with Crippen molar-refractivity contribution in [2.75, 3.05) is 26.7 Å². The van der Waals surface area contributed by atoms with Crippen molar-refractivity contribution in [3.63, 3.8) is 0 Å². The number of hydrogen-bond donors (Lipinski definition) is 1. The van der Waals surface area contributed by atoms with Gasteiger partial charge in [0.15, 0.2) is 5.96 Å². The number of guanidine groups is 1. The number of thiophene rings is 1. The summed E-state index contributed by atoms with van der Waals surface area (Å²) in [6.07, 6.45) is 3.32. The normalized spacial score (nSPS) is 11.6. The Hall–Kier alpha value is -2.67. The fourth-order valence-electron chi connectivity index (χ4n) is 2.73. The molecule has 0 saturated heterocycles. The first-order valence-electron chi connectivity index (χ1n) is 9.38. The summed E-state index contributed by atoms with van der Waals surface area (Å²) in [5, 5.41) is 5.44. The summed E-state index contributed by atoms with van der Waals surface area (Å²) in [4.78, 5) is 12.7. The van der Waals surface area contributed by atoms with E-state index in [4.69, 9.17) is 9.41 Å². The van der Waals surface area contributed by atoms with Gasteiger partial charge in [-0.25, -0.2) is 9.37 Å². The maximum Gasteiger partial charge on any atom is 0.226 e. The second-order valence-corrected chi connectivity index (χ2v) is 7.42. The molecule has 2 aromatic heterocycles. The van der Waals surface area contributed by atoms with Crippen LogP contribution in [0.25, 0.3) is 11.5 Å². The van der Waals surface area contributed by atoms with Crippen LogP contribution in [0, 0.1) is 5.82 Å². The van der Waals surface area contributed by atoms with Crippen molar-refractivity contribution < 1.29 is 8.81 Å². The molecule has 0 radical (unpaired) electrons. The first-order chi connectivity index (χ1) is 13.7. The van der Waals surface area contributed by atoms with Gasteiger partial charge in [-0.1, -0.05) is 6.07 Å². The predicted octanol–water partition coefficient (Wildman–Crippen LogP) is 4.22. The lowest BCUT2D eigenvalue weighted by Gasteiger charge is -2.21. The largest absolute Gasteiger partial charge is 0.444 e. The van der Waals surface area contributed by atoms with Gasteiger partial charge in [-0.3, -0.25) is 4.99 Å². The van der Waals surface area contributed by atoms with Crippen LogP contribution >= 0.6 is 11.3 Å². The molecule has 0 spiro atoms. The maximum absolute atomic E-state index is 13.0. The van der Waals surface area contributed by atoms with Gasteiger partial charge in [0, 0.05) is 43.5 Å². The molecule has 0 unspecified atom stereocenters. The molecule has 0 aliphatic carbocycles. The minimum Gasteiger partial charge on any atom is -0.444 e. The van der Waals surface area contributed by atoms with Gasteiger partial charge in [-0.2, -0.15) is 0 Å². The van der Waals surface area contributed by atoms with E-state index in [1.807, 2.05) is 0 Å². The number of aliphatic imine (C=N–C) groups is 1. The highest BCUT2D eigenvalue weighted by molar-refractivity contribution is 7.09. The summed E-state index contributed by atoms with van der Waals surface area (Å²) in [5.74, 6) is 1.12. The molecule has 0 bridgehead atoms. The Morgan fingerprint density at radius 1 is 1.25 bits per heavy atom. The van der Waals surface area contributed by atoms with Crippen LogP contribution in [0.1, 0.15) is 17.5 Å². The molecule has 148 valence electrons. The van der Waals surface area contributed by atoms with E-state index in [2.05, 4.69) is 46.7 Å². The molecule has 0 saturated carbocycles. The summed E-state index contributed by atoms with van der Waals surface area (Å²) in [6, 6.07) is 10.4. The molecule has 0 fully saturated rings. The fraction of sp³-hybridized carbons (Fsp3) is 0.333. The molecule has 1 N–H and O–H groups in total. The van der Waals surface area contributed by atoms with Crippen molar-refractivity contribution in [2.45, 2.75) is 19.8 Å². The molecule has 2 heterocycles. The molecule has 3 rings (SSSR count). The van der Waals surface area contributed by atoms with Crippen LogP contribution in [0.4, 0.5) is 4.39 Å². The number of rotatable bonds is 8. The smallest absolute Gasteiger partial charge is 0.226 e. The second-order valence-electron chi connectivity index (χ2n) is 6.39. The summed E-state index contributed by atoms with van der Waals surface area (Å²) in [6.45, 7) is 4.40. The molecule has 0 atom stereocenters. The summed E-state index contributed by atoms with van der Waals surface area (Å²) >= 11 is 1.78. The molecule has 3 aromatic rings. The van der Waals surface area contributed by atoms with Crippen LogP contribution in [0.5, 0.6) is 0 Å². The number of oxazole rings is 1. The lowest BCUT2D eigenvalue weighted by molar-refractivity contribution is 0.487. The van der Waals surface area contributed by atoms with Crippen molar-refractivity contribution in [3.05, 3.63) is 64.4 Å². The number of halogens is 1. The van der Waals surface area contributed by atoms with Crippen LogP contribution in [-0.2, 0) is 12.8 Å². The lowest BCUT2D eigenvalue weighted by atomic mass is 10.2. The summed E-state index contributed by atoms with van der Waals surface area (Å²) in [5.41, 5.74) is 1.60. The molecular formula is C21H25FN4OS. The Kier molecular flexibility index (Phi) is 7.19. The molecular weight excluding hydrogens is 375 g/mol. The quantitative estimate of drug-likeness (QED) is 0.454. The maximum atomic E-state index is 13.0. The number of likely N-dealkylation sites (N-methyl/N-ethyl adjacent to an activating group) is 1. The third kappa shape index (κ3) is 5.66. The van der Waals surface area contributed by atoms with Crippen molar-refractivity contribution in [1.29, 1.82) is 0 Å². The van der Waals surface area contributed by atoms with Crippen LogP contribution in [0.2, 0.25) is 0 Å². The van der Waals surface area contributed by atoms with E-state index in [1.165, 1.54) is 17.0 Å². The number of nitrogens with one attached hydrogen (secondary N) is 1. The van der Waals surface area contributed by atoms with Gasteiger partial charge in [0.2, 0.25) is 5.89 Å². The van der Waals surface area contributed by atoms with Gasteiger partial charge in [0.1, 0.15) is 12.1 Å². The van der Waals surface area contributed by atoms with Crippen molar-refractivity contribution in [1.82, 2.24) is 15.2 Å². The van der Waals surface area contributed by atoms with E-state index in [1.54, 1.807) is 29.7 Å². The van der Waals surface area contributed by atoms with Gasteiger partial charge in [-0.15, -0.1) is 11.3 Å². The van der Waals surface area contributed by atoms with Crippen LogP contribution in [-0.4, -0.2) is 42.5 Å². The zero-order valence-electron chi connectivity index (χ0n) is 16.2. The average Bonchev–Trinajstić information content (AvgIpc) is 3.38. The Morgan fingerprint density at radius 2 is 2.07 bits per heavy atom. The number of hydrogen-bond acceptors (Lipinski definition) is 4. The van der Waals surface area contributed by atoms with E-state index in [0.29, 0.717) is 18.9 Å². The highest BCUT2D eigenvalue weighted by Crippen LogP contribution is 2.19. The lowest BCUT2D eigenvalue weighted by Crippen LogP contribution is -2.40. The third-order valence-corrected chi connectivity index (χ3v) is 5.18. The first-order valence-corrected chi connectivity index (χ1v) is 10.3. The van der Waals surface area contributed by atoms with Gasteiger partial charge < -0.3 is 14.6 Å². The average molecular weight is 401 g/mol. The number of nitrogens with zero attached hydrogens (tertiary/aromatic N) is 3. The van der Waals surface area contributed by atoms with Crippen molar-refractivity contribution >= 4 is 17.3 Å². The van der Waals surface area contributed by atoms with E-state index < -0.39 is 0 Å². The highest BCUT2D eigenvalue weighted by atomic mass is 32.1. The summed E-state index contributed by atoms with van der Waals surface area (Å²) < 4.78 is 18.6. The van der Waals surface area contributed by atoms with E-state index in [0.717, 1.165) is 36.7 Å². The standard InChI is InChI=1S/C21H25FN4OS/c1-3-23-21(26(2)13-11-19-5-4-14-28-19)24-12-10-18-15-27-20(25-18)16-6-8-17(22)9-7-16/h4-9,14-15H,3,10-13H2,1-2H3,(H,23,24). The highest BCUT2D eigenvalue weighted by Gasteiger charge is 2.09. The van der Waals surface area contributed by atoms with Gasteiger partial charge >= 0.3 is 0 Å². The molecule has 5 nitrogen and oxygen atoms in total. The van der Waals surface area contributed by atoms with Gasteiger partial charge in [0.05, 0.1) is 5.69 Å². The zero-order chi connectivity index (χ0) is 19.8.